The molecule has 118 valence electrons. The zero-order chi connectivity index (χ0) is 15.5. The lowest BCUT2D eigenvalue weighted by Gasteiger charge is -2.44. The van der Waals surface area contributed by atoms with Crippen LogP contribution in [0.15, 0.2) is 18.2 Å². The van der Waals surface area contributed by atoms with Gasteiger partial charge in [-0.2, -0.15) is 0 Å². The van der Waals surface area contributed by atoms with Crippen LogP contribution in [-0.2, 0) is 6.42 Å². The highest BCUT2D eigenvalue weighted by Crippen LogP contribution is 2.34. The van der Waals surface area contributed by atoms with Gasteiger partial charge in [0, 0.05) is 12.0 Å². The molecule has 2 rings (SSSR count). The Hall–Kier alpha value is -1.06. The van der Waals surface area contributed by atoms with Gasteiger partial charge in [-0.25, -0.2) is 0 Å². The molecule has 0 aromatic heterocycles. The van der Waals surface area contributed by atoms with Crippen LogP contribution in [0.3, 0.4) is 0 Å². The number of fused-ring (bicyclic) bond motifs is 1. The van der Waals surface area contributed by atoms with E-state index in [-0.39, 0.29) is 5.54 Å². The van der Waals surface area contributed by atoms with Crippen molar-refractivity contribution in [3.8, 4) is 5.75 Å². The number of hydrogen-bond donors (Lipinski definition) is 1. The Bertz CT molecular complexity index is 466. The van der Waals surface area contributed by atoms with Crippen LogP contribution in [0.5, 0.6) is 5.75 Å². The standard InChI is InChI=1S/C18H30N2O/c1-6-19-17(18(4,5)20(7-2)8-3)15-9-10-16-14(13-15)11-12-21-16/h9-10,13,17,19H,6-8,11-12H2,1-5H3. The zero-order valence-electron chi connectivity index (χ0n) is 14.2. The molecule has 1 atom stereocenters. The molecule has 1 N–H and O–H groups in total. The number of rotatable bonds is 7. The molecule has 0 saturated heterocycles. The zero-order valence-corrected chi connectivity index (χ0v) is 14.2. The van der Waals surface area contributed by atoms with Gasteiger partial charge in [-0.1, -0.05) is 32.9 Å². The lowest BCUT2D eigenvalue weighted by molar-refractivity contribution is 0.0918. The first-order chi connectivity index (χ1) is 10.0. The van der Waals surface area contributed by atoms with Crippen LogP contribution in [0, 0.1) is 0 Å². The van der Waals surface area contributed by atoms with Crippen molar-refractivity contribution in [2.45, 2.75) is 52.6 Å². The Labute approximate surface area is 129 Å². The third kappa shape index (κ3) is 3.24. The van der Waals surface area contributed by atoms with Crippen LogP contribution < -0.4 is 10.1 Å². The van der Waals surface area contributed by atoms with Gasteiger partial charge in [-0.3, -0.25) is 4.90 Å². The topological polar surface area (TPSA) is 24.5 Å². The molecule has 0 fully saturated rings. The van der Waals surface area contributed by atoms with Crippen molar-refractivity contribution in [1.29, 1.82) is 0 Å². The number of nitrogens with one attached hydrogen (secondary N) is 1. The minimum Gasteiger partial charge on any atom is -0.493 e. The summed E-state index contributed by atoms with van der Waals surface area (Å²) >= 11 is 0. The van der Waals surface area contributed by atoms with Crippen molar-refractivity contribution in [2.75, 3.05) is 26.2 Å². The van der Waals surface area contributed by atoms with Gasteiger partial charge in [-0.15, -0.1) is 0 Å². The Morgan fingerprint density at radius 1 is 1.24 bits per heavy atom. The summed E-state index contributed by atoms with van der Waals surface area (Å²) in [5.41, 5.74) is 2.80. The lowest BCUT2D eigenvalue weighted by atomic mass is 9.85. The molecule has 1 aromatic carbocycles. The van der Waals surface area contributed by atoms with E-state index < -0.39 is 0 Å². The van der Waals surface area contributed by atoms with E-state index in [1.165, 1.54) is 11.1 Å². The first kappa shape index (κ1) is 16.3. The maximum atomic E-state index is 5.64. The fourth-order valence-electron chi connectivity index (χ4n) is 3.59. The fraction of sp³-hybridized carbons (Fsp3) is 0.667. The molecule has 0 spiro atoms. The monoisotopic (exact) mass is 290 g/mol. The largest absolute Gasteiger partial charge is 0.493 e. The maximum Gasteiger partial charge on any atom is 0.122 e. The highest BCUT2D eigenvalue weighted by molar-refractivity contribution is 5.41. The molecule has 3 heteroatoms. The summed E-state index contributed by atoms with van der Waals surface area (Å²) in [6, 6.07) is 7.03. The van der Waals surface area contributed by atoms with Crippen LogP contribution in [0.4, 0.5) is 0 Å². The Balaban J connectivity index is 2.34. The number of benzene rings is 1. The first-order valence-electron chi connectivity index (χ1n) is 8.28. The summed E-state index contributed by atoms with van der Waals surface area (Å²) in [5.74, 6) is 1.06. The molecule has 1 aromatic rings. The normalized spacial score (nSPS) is 15.9. The fourth-order valence-corrected chi connectivity index (χ4v) is 3.59. The smallest absolute Gasteiger partial charge is 0.122 e. The molecular formula is C18H30N2O. The molecule has 0 radical (unpaired) electrons. The van der Waals surface area contributed by atoms with E-state index in [1.807, 2.05) is 0 Å². The predicted molar refractivity (Wildman–Crippen MR) is 89.1 cm³/mol. The van der Waals surface area contributed by atoms with E-state index in [0.29, 0.717) is 6.04 Å². The number of hydrogen-bond acceptors (Lipinski definition) is 3. The minimum absolute atomic E-state index is 0.0766. The molecule has 21 heavy (non-hydrogen) atoms. The molecular weight excluding hydrogens is 260 g/mol. The van der Waals surface area contributed by atoms with Gasteiger partial charge in [0.1, 0.15) is 5.75 Å². The van der Waals surface area contributed by atoms with Gasteiger partial charge in [0.2, 0.25) is 0 Å². The van der Waals surface area contributed by atoms with Crippen LogP contribution >= 0.6 is 0 Å². The molecule has 1 aliphatic rings. The van der Waals surface area contributed by atoms with Gasteiger partial charge < -0.3 is 10.1 Å². The quantitative estimate of drug-likeness (QED) is 0.833. The van der Waals surface area contributed by atoms with Crippen LogP contribution in [0.2, 0.25) is 0 Å². The highest BCUT2D eigenvalue weighted by Gasteiger charge is 2.35. The minimum atomic E-state index is 0.0766. The summed E-state index contributed by atoms with van der Waals surface area (Å²) in [5, 5.41) is 3.70. The first-order valence-corrected chi connectivity index (χ1v) is 8.28. The summed E-state index contributed by atoms with van der Waals surface area (Å²) in [6.07, 6.45) is 1.04. The molecule has 0 amide bonds. The summed E-state index contributed by atoms with van der Waals surface area (Å²) in [7, 11) is 0. The number of nitrogens with zero attached hydrogens (tertiary/aromatic N) is 1. The van der Waals surface area contributed by atoms with Gasteiger partial charge in [0.15, 0.2) is 0 Å². The average molecular weight is 290 g/mol. The summed E-state index contributed by atoms with van der Waals surface area (Å²) in [4.78, 5) is 2.53. The molecule has 0 bridgehead atoms. The Morgan fingerprint density at radius 2 is 1.95 bits per heavy atom. The second kappa shape index (κ2) is 6.80. The SMILES string of the molecule is CCNC(c1ccc2c(c1)CCO2)C(C)(C)N(CC)CC. The van der Waals surface area contributed by atoms with E-state index in [2.05, 4.69) is 63.0 Å². The van der Waals surface area contributed by atoms with Gasteiger partial charge in [0.05, 0.1) is 12.6 Å². The van der Waals surface area contributed by atoms with E-state index in [4.69, 9.17) is 4.74 Å². The third-order valence-corrected chi connectivity index (χ3v) is 4.74. The Kier molecular flexibility index (Phi) is 5.28. The van der Waals surface area contributed by atoms with E-state index in [9.17, 15) is 0 Å². The maximum absolute atomic E-state index is 5.64. The summed E-state index contributed by atoms with van der Waals surface area (Å²) < 4.78 is 5.64. The second-order valence-corrected chi connectivity index (χ2v) is 6.28. The van der Waals surface area contributed by atoms with E-state index in [1.54, 1.807) is 0 Å². The van der Waals surface area contributed by atoms with E-state index >= 15 is 0 Å². The summed E-state index contributed by atoms with van der Waals surface area (Å²) in [6.45, 7) is 15.3. The Morgan fingerprint density at radius 3 is 2.57 bits per heavy atom. The second-order valence-electron chi connectivity index (χ2n) is 6.28. The van der Waals surface area contributed by atoms with Gasteiger partial charge >= 0.3 is 0 Å². The average Bonchev–Trinajstić information content (AvgIpc) is 2.92. The van der Waals surface area contributed by atoms with Crippen LogP contribution in [0.25, 0.3) is 0 Å². The van der Waals surface area contributed by atoms with Crippen LogP contribution in [-0.4, -0.2) is 36.7 Å². The van der Waals surface area contributed by atoms with Crippen molar-refractivity contribution >= 4 is 0 Å². The van der Waals surface area contributed by atoms with Crippen molar-refractivity contribution in [3.05, 3.63) is 29.3 Å². The van der Waals surface area contributed by atoms with Gasteiger partial charge in [0.25, 0.3) is 0 Å². The molecule has 3 nitrogen and oxygen atoms in total. The number of likely N-dealkylation sites (N-methyl/N-ethyl adjacent to an activating group) is 2. The van der Waals surface area contributed by atoms with Crippen molar-refractivity contribution < 1.29 is 4.74 Å². The van der Waals surface area contributed by atoms with E-state index in [0.717, 1.165) is 38.4 Å². The molecule has 1 unspecified atom stereocenters. The lowest BCUT2D eigenvalue weighted by Crippen LogP contribution is -2.52. The highest BCUT2D eigenvalue weighted by atomic mass is 16.5. The third-order valence-electron chi connectivity index (χ3n) is 4.74. The molecule has 1 aliphatic heterocycles. The van der Waals surface area contributed by atoms with Crippen molar-refractivity contribution in [3.63, 3.8) is 0 Å². The predicted octanol–water partition coefficient (Wildman–Crippen LogP) is 3.39. The van der Waals surface area contributed by atoms with Crippen molar-refractivity contribution in [1.82, 2.24) is 10.2 Å². The molecule has 1 heterocycles. The molecule has 0 saturated carbocycles. The molecule has 0 aliphatic carbocycles. The van der Waals surface area contributed by atoms with Gasteiger partial charge in [-0.05, 0) is 50.7 Å². The van der Waals surface area contributed by atoms with Crippen molar-refractivity contribution in [2.24, 2.45) is 0 Å². The number of ether oxygens (including phenoxy) is 1. The van der Waals surface area contributed by atoms with Crippen LogP contribution in [0.1, 0.15) is 51.8 Å².